The lowest BCUT2D eigenvalue weighted by Gasteiger charge is -2.19. The van der Waals surface area contributed by atoms with Crippen molar-refractivity contribution < 1.29 is 42.8 Å². The zero-order chi connectivity index (χ0) is 41.2. The molecule has 56 heavy (non-hydrogen) atoms. The number of carbonyl (C=O) groups is 3. The molecule has 0 aromatic carbocycles. The summed E-state index contributed by atoms with van der Waals surface area (Å²) in [7, 11) is 0. The molecule has 1 unspecified atom stereocenters. The van der Waals surface area contributed by atoms with E-state index in [4.69, 9.17) is 28.4 Å². The van der Waals surface area contributed by atoms with Crippen molar-refractivity contribution in [3.05, 3.63) is 48.6 Å². The summed E-state index contributed by atoms with van der Waals surface area (Å²) in [6, 6.07) is 0. The first kappa shape index (κ1) is 53.0. The average molecular weight is 792 g/mol. The highest BCUT2D eigenvalue weighted by Crippen LogP contribution is 2.12. The minimum Gasteiger partial charge on any atom is -0.465 e. The van der Waals surface area contributed by atoms with Crippen molar-refractivity contribution in [1.82, 2.24) is 4.90 Å². The number of esters is 2. The zero-order valence-corrected chi connectivity index (χ0v) is 36.2. The first-order chi connectivity index (χ1) is 27.4. The second-order valence-electron chi connectivity index (χ2n) is 14.0. The quantitative estimate of drug-likeness (QED) is 0.0196. The van der Waals surface area contributed by atoms with Gasteiger partial charge >= 0.3 is 18.1 Å². The van der Waals surface area contributed by atoms with Gasteiger partial charge < -0.3 is 33.3 Å². The van der Waals surface area contributed by atoms with Gasteiger partial charge in [-0.05, 0) is 83.7 Å². The summed E-state index contributed by atoms with van der Waals surface area (Å²) in [5.74, 6) is -1.28. The maximum atomic E-state index is 12.8. The number of hydrogen-bond acceptors (Lipinski definition) is 10. The summed E-state index contributed by atoms with van der Waals surface area (Å²) in [4.78, 5) is 40.0. The maximum absolute atomic E-state index is 12.8. The number of ether oxygens (including phenoxy) is 6. The van der Waals surface area contributed by atoms with Gasteiger partial charge in [-0.1, -0.05) is 115 Å². The van der Waals surface area contributed by atoms with Gasteiger partial charge in [0.05, 0.1) is 32.2 Å². The molecule has 0 aliphatic rings. The molecule has 0 saturated heterocycles. The van der Waals surface area contributed by atoms with Gasteiger partial charge in [0.15, 0.2) is 6.29 Å². The Hall–Kier alpha value is -2.95. The molecule has 0 bridgehead atoms. The molecule has 0 N–H and O–H groups in total. The van der Waals surface area contributed by atoms with Crippen LogP contribution in [0, 0.1) is 5.92 Å². The van der Waals surface area contributed by atoms with Crippen LogP contribution >= 0.6 is 0 Å². The van der Waals surface area contributed by atoms with Crippen LogP contribution in [0.3, 0.4) is 0 Å². The molecule has 10 nitrogen and oxygen atoms in total. The Morgan fingerprint density at radius 2 is 1.05 bits per heavy atom. The van der Waals surface area contributed by atoms with Crippen LogP contribution in [0.25, 0.3) is 0 Å². The van der Waals surface area contributed by atoms with Crippen molar-refractivity contribution in [2.75, 3.05) is 59.3 Å². The lowest BCUT2D eigenvalue weighted by molar-refractivity contribution is -0.160. The summed E-state index contributed by atoms with van der Waals surface area (Å²) in [5, 5.41) is 0. The van der Waals surface area contributed by atoms with E-state index in [-0.39, 0.29) is 38.8 Å². The highest BCUT2D eigenvalue weighted by Gasteiger charge is 2.20. The number of unbranched alkanes of at least 4 members (excludes halogenated alkanes) is 8. The van der Waals surface area contributed by atoms with Crippen LogP contribution < -0.4 is 0 Å². The summed E-state index contributed by atoms with van der Waals surface area (Å²) < 4.78 is 33.5. The molecule has 0 heterocycles. The Bertz CT molecular complexity index is 1020. The lowest BCUT2D eigenvalue weighted by Crippen LogP contribution is -2.28. The van der Waals surface area contributed by atoms with Gasteiger partial charge in [-0.15, -0.1) is 0 Å². The minimum atomic E-state index is -0.794. The van der Waals surface area contributed by atoms with Crippen molar-refractivity contribution in [3.8, 4) is 0 Å². The monoisotopic (exact) mass is 792 g/mol. The molecule has 1 atom stereocenters. The molecule has 0 aromatic heterocycles. The van der Waals surface area contributed by atoms with Gasteiger partial charge in [0.25, 0.3) is 0 Å². The molecule has 0 spiro atoms. The standard InChI is InChI=1S/C46H81NO9/c1-6-11-14-17-18-19-20-21-22-23-24-25-26-27-28-32-43(48)54-39-42(41-56-46(50)53-38-31-35-47(9-4)10-5)40-55-44(49)33-34-45(51-36-29-15-12-7-2)52-37-30-16-13-8-3/h12-13,15-16,18-19,21-22,42,45H,6-11,14,17,20,23-41H2,1-5H3/b15-12-,16-13-,19-18-,22-21-. The van der Waals surface area contributed by atoms with Gasteiger partial charge in [-0.2, -0.15) is 0 Å². The minimum absolute atomic E-state index is 0.0347. The number of hydrogen-bond donors (Lipinski definition) is 0. The summed E-state index contributed by atoms with van der Waals surface area (Å²) in [6.45, 7) is 14.3. The van der Waals surface area contributed by atoms with Crippen molar-refractivity contribution in [3.63, 3.8) is 0 Å². The number of carbonyl (C=O) groups excluding carboxylic acids is 3. The van der Waals surface area contributed by atoms with E-state index in [1.165, 1.54) is 25.7 Å². The fourth-order valence-electron chi connectivity index (χ4n) is 5.56. The summed E-state index contributed by atoms with van der Waals surface area (Å²) >= 11 is 0. The Kier molecular flexibility index (Phi) is 39.5. The van der Waals surface area contributed by atoms with Gasteiger partial charge in [0.2, 0.25) is 0 Å². The topological polar surface area (TPSA) is 110 Å². The largest absolute Gasteiger partial charge is 0.508 e. The van der Waals surface area contributed by atoms with Crippen LogP contribution in [0.4, 0.5) is 4.79 Å². The Labute approximate surface area is 341 Å². The molecule has 10 heteroatoms. The number of nitrogens with zero attached hydrogens (tertiary/aromatic N) is 1. The molecule has 0 aromatic rings. The van der Waals surface area contributed by atoms with Crippen LogP contribution in [0.15, 0.2) is 48.6 Å². The second kappa shape index (κ2) is 41.7. The van der Waals surface area contributed by atoms with E-state index in [2.05, 4.69) is 88.1 Å². The third kappa shape index (κ3) is 36.7. The van der Waals surface area contributed by atoms with Crippen LogP contribution in [0.2, 0.25) is 0 Å². The second-order valence-corrected chi connectivity index (χ2v) is 14.0. The molecule has 0 radical (unpaired) electrons. The molecule has 0 aliphatic carbocycles. The first-order valence-electron chi connectivity index (χ1n) is 22.1. The molecule has 0 rings (SSSR count). The van der Waals surface area contributed by atoms with E-state index in [1.807, 2.05) is 0 Å². The van der Waals surface area contributed by atoms with Gasteiger partial charge in [0.1, 0.15) is 19.8 Å². The van der Waals surface area contributed by atoms with Crippen LogP contribution in [0.5, 0.6) is 0 Å². The van der Waals surface area contributed by atoms with E-state index in [9.17, 15) is 14.4 Å². The summed E-state index contributed by atoms with van der Waals surface area (Å²) in [5.41, 5.74) is 0. The van der Waals surface area contributed by atoms with Gasteiger partial charge in [0, 0.05) is 19.4 Å². The molecule has 324 valence electrons. The molecule has 0 saturated carbocycles. The smallest absolute Gasteiger partial charge is 0.465 e. The normalized spacial score (nSPS) is 12.6. The van der Waals surface area contributed by atoms with E-state index in [0.717, 1.165) is 90.3 Å². The maximum Gasteiger partial charge on any atom is 0.508 e. The average Bonchev–Trinajstić information content (AvgIpc) is 3.20. The third-order valence-corrected chi connectivity index (χ3v) is 9.03. The van der Waals surface area contributed by atoms with Crippen molar-refractivity contribution in [1.29, 1.82) is 0 Å². The molecule has 0 fully saturated rings. The van der Waals surface area contributed by atoms with Gasteiger partial charge in [-0.25, -0.2) is 4.79 Å². The van der Waals surface area contributed by atoms with Crippen molar-refractivity contribution in [2.45, 2.75) is 163 Å². The number of allylic oxidation sites excluding steroid dienone is 6. The predicted octanol–water partition coefficient (Wildman–Crippen LogP) is 11.2. The van der Waals surface area contributed by atoms with Crippen LogP contribution in [-0.2, 0) is 38.0 Å². The Morgan fingerprint density at radius 1 is 0.518 bits per heavy atom. The molecular weight excluding hydrogens is 711 g/mol. The zero-order valence-electron chi connectivity index (χ0n) is 36.2. The van der Waals surface area contributed by atoms with Crippen molar-refractivity contribution in [2.24, 2.45) is 5.92 Å². The fraction of sp³-hybridized carbons (Fsp3) is 0.761. The van der Waals surface area contributed by atoms with Crippen LogP contribution in [0.1, 0.15) is 157 Å². The fourth-order valence-corrected chi connectivity index (χ4v) is 5.56. The highest BCUT2D eigenvalue weighted by atomic mass is 16.7. The van der Waals surface area contributed by atoms with E-state index in [0.29, 0.717) is 32.5 Å². The molecule has 0 amide bonds. The van der Waals surface area contributed by atoms with E-state index in [1.54, 1.807) is 0 Å². The number of rotatable bonds is 39. The SMILES string of the molecule is CC/C=C\CCOC(CCC(=O)OCC(COC(=O)CCCCCCC/C=C\C/C=C\CCCCC)COC(=O)OCCCN(CC)CC)OCC/C=C\CC. The first-order valence-corrected chi connectivity index (χ1v) is 22.1. The Balaban J connectivity index is 4.78. The van der Waals surface area contributed by atoms with Crippen LogP contribution in [-0.4, -0.2) is 88.6 Å². The lowest BCUT2D eigenvalue weighted by atomic mass is 10.1. The van der Waals surface area contributed by atoms with Gasteiger partial charge in [-0.3, -0.25) is 9.59 Å². The Morgan fingerprint density at radius 3 is 1.64 bits per heavy atom. The third-order valence-electron chi connectivity index (χ3n) is 9.03. The van der Waals surface area contributed by atoms with Crippen molar-refractivity contribution >= 4 is 18.1 Å². The molecular formula is C46H81NO9. The summed E-state index contributed by atoms with van der Waals surface area (Å²) in [6.07, 6.45) is 33.2. The van der Waals surface area contributed by atoms with E-state index >= 15 is 0 Å². The van der Waals surface area contributed by atoms with E-state index < -0.39 is 24.3 Å². The highest BCUT2D eigenvalue weighted by molar-refractivity contribution is 5.69. The predicted molar refractivity (Wildman–Crippen MR) is 227 cm³/mol. The molecule has 0 aliphatic heterocycles.